The SMILES string of the molecule is CCC(=O)C1CCC(CNC(=O)c2cc(C(=O)NCc3ccc4oc(=O)n(C)c4c3)nc3ccnn23)CC1. The molecule has 0 bridgehead atoms. The van der Waals surface area contributed by atoms with Gasteiger partial charge in [0.05, 0.1) is 11.7 Å². The normalized spacial score (nSPS) is 17.5. The minimum absolute atomic E-state index is 0.0959. The number of hydrogen-bond donors (Lipinski definition) is 2. The second-order valence-corrected chi connectivity index (χ2v) is 9.79. The molecule has 198 valence electrons. The fraction of sp³-hybridized carbons (Fsp3) is 0.407. The third-order valence-electron chi connectivity index (χ3n) is 7.34. The van der Waals surface area contributed by atoms with E-state index >= 15 is 0 Å². The van der Waals surface area contributed by atoms with Crippen LogP contribution in [-0.4, -0.2) is 43.3 Å². The van der Waals surface area contributed by atoms with Crippen LogP contribution >= 0.6 is 0 Å². The zero-order valence-corrected chi connectivity index (χ0v) is 21.4. The molecule has 2 N–H and O–H groups in total. The summed E-state index contributed by atoms with van der Waals surface area (Å²) in [7, 11) is 1.62. The van der Waals surface area contributed by atoms with E-state index in [1.807, 2.05) is 6.92 Å². The molecule has 0 radical (unpaired) electrons. The monoisotopic (exact) mass is 518 g/mol. The van der Waals surface area contributed by atoms with Gasteiger partial charge in [0.1, 0.15) is 17.2 Å². The van der Waals surface area contributed by atoms with Crippen molar-refractivity contribution in [2.45, 2.75) is 45.6 Å². The number of fused-ring (bicyclic) bond motifs is 2. The summed E-state index contributed by atoms with van der Waals surface area (Å²) < 4.78 is 7.96. The number of carbonyl (C=O) groups excluding carboxylic acids is 3. The van der Waals surface area contributed by atoms with Crippen molar-refractivity contribution in [1.29, 1.82) is 0 Å². The maximum Gasteiger partial charge on any atom is 0.419 e. The Hall–Kier alpha value is -4.28. The molecule has 1 fully saturated rings. The second kappa shape index (κ2) is 10.6. The summed E-state index contributed by atoms with van der Waals surface area (Å²) in [5, 5.41) is 9.99. The first-order valence-corrected chi connectivity index (χ1v) is 12.9. The molecule has 11 nitrogen and oxygen atoms in total. The van der Waals surface area contributed by atoms with Crippen LogP contribution in [0.1, 0.15) is 65.6 Å². The summed E-state index contributed by atoms with van der Waals surface area (Å²) in [5.74, 6) is -0.459. The van der Waals surface area contributed by atoms with Gasteiger partial charge < -0.3 is 15.1 Å². The summed E-state index contributed by atoms with van der Waals surface area (Å²) in [6, 6.07) is 8.30. The molecule has 1 aliphatic rings. The summed E-state index contributed by atoms with van der Waals surface area (Å²) >= 11 is 0. The van der Waals surface area contributed by atoms with E-state index in [2.05, 4.69) is 20.7 Å². The van der Waals surface area contributed by atoms with E-state index in [1.54, 1.807) is 31.3 Å². The molecule has 0 spiro atoms. The number of Topliss-reactive ketones (excluding diaryl/α,β-unsaturated/α-hetero) is 1. The second-order valence-electron chi connectivity index (χ2n) is 9.79. The highest BCUT2D eigenvalue weighted by molar-refractivity contribution is 5.98. The fourth-order valence-electron chi connectivity index (χ4n) is 5.05. The third-order valence-corrected chi connectivity index (χ3v) is 7.34. The maximum absolute atomic E-state index is 13.1. The zero-order valence-electron chi connectivity index (χ0n) is 21.4. The van der Waals surface area contributed by atoms with E-state index in [-0.39, 0.29) is 29.8 Å². The lowest BCUT2D eigenvalue weighted by Crippen LogP contribution is -2.34. The van der Waals surface area contributed by atoms with Gasteiger partial charge in [-0.2, -0.15) is 5.10 Å². The molecule has 0 unspecified atom stereocenters. The molecule has 0 atom stereocenters. The van der Waals surface area contributed by atoms with Gasteiger partial charge in [-0.05, 0) is 49.3 Å². The Bertz CT molecular complexity index is 1570. The summed E-state index contributed by atoms with van der Waals surface area (Å²) in [6.07, 6.45) is 5.62. The number of rotatable bonds is 8. The number of aromatic nitrogens is 4. The standard InChI is InChI=1S/C27H30N6O5/c1-3-22(34)18-7-4-16(5-8-18)14-29-26(36)21-13-19(31-24-10-11-30-33(21)24)25(35)28-15-17-6-9-23-20(12-17)32(2)27(37)38-23/h6,9-13,16,18H,3-5,7-8,14-15H2,1-2H3,(H,28,35)(H,29,36). The molecule has 38 heavy (non-hydrogen) atoms. The lowest BCUT2D eigenvalue weighted by molar-refractivity contribution is -0.123. The highest BCUT2D eigenvalue weighted by Gasteiger charge is 2.26. The fourth-order valence-corrected chi connectivity index (χ4v) is 5.05. The van der Waals surface area contributed by atoms with Gasteiger partial charge in [0.2, 0.25) is 0 Å². The predicted octanol–water partition coefficient (Wildman–Crippen LogP) is 2.62. The van der Waals surface area contributed by atoms with Crippen LogP contribution in [0.5, 0.6) is 0 Å². The molecular formula is C27H30N6O5. The molecule has 1 saturated carbocycles. The Balaban J connectivity index is 1.25. The molecule has 3 aromatic heterocycles. The van der Waals surface area contributed by atoms with Crippen LogP contribution in [0.4, 0.5) is 0 Å². The highest BCUT2D eigenvalue weighted by Crippen LogP contribution is 2.29. The van der Waals surface area contributed by atoms with Crippen LogP contribution in [-0.2, 0) is 18.4 Å². The minimum atomic E-state index is -0.454. The predicted molar refractivity (Wildman–Crippen MR) is 139 cm³/mol. The van der Waals surface area contributed by atoms with Crippen molar-refractivity contribution in [2.75, 3.05) is 6.54 Å². The molecule has 11 heteroatoms. The number of amides is 2. The molecule has 1 aliphatic carbocycles. The number of nitrogens with zero attached hydrogens (tertiary/aromatic N) is 4. The molecular weight excluding hydrogens is 488 g/mol. The summed E-state index contributed by atoms with van der Waals surface area (Å²) in [5.41, 5.74) is 2.58. The first-order valence-electron chi connectivity index (χ1n) is 12.9. The van der Waals surface area contributed by atoms with Crippen molar-refractivity contribution in [1.82, 2.24) is 29.8 Å². The van der Waals surface area contributed by atoms with Crippen molar-refractivity contribution in [3.05, 3.63) is 64.0 Å². The third kappa shape index (κ3) is 5.09. The van der Waals surface area contributed by atoms with Crippen LogP contribution < -0.4 is 16.4 Å². The Morgan fingerprint density at radius 3 is 2.61 bits per heavy atom. The van der Waals surface area contributed by atoms with Gasteiger partial charge in [0.25, 0.3) is 11.8 Å². The van der Waals surface area contributed by atoms with Gasteiger partial charge in [-0.15, -0.1) is 0 Å². The molecule has 2 amide bonds. The van der Waals surface area contributed by atoms with Crippen molar-refractivity contribution in [3.8, 4) is 0 Å². The van der Waals surface area contributed by atoms with Gasteiger partial charge >= 0.3 is 5.76 Å². The van der Waals surface area contributed by atoms with E-state index in [1.165, 1.54) is 21.3 Å². The average molecular weight is 519 g/mol. The first-order chi connectivity index (χ1) is 18.3. The largest absolute Gasteiger partial charge is 0.419 e. The van der Waals surface area contributed by atoms with Gasteiger partial charge in [0.15, 0.2) is 11.2 Å². The molecule has 1 aromatic carbocycles. The van der Waals surface area contributed by atoms with E-state index < -0.39 is 11.7 Å². The van der Waals surface area contributed by atoms with E-state index in [9.17, 15) is 19.2 Å². The number of aryl methyl sites for hydroxylation is 1. The quantitative estimate of drug-likeness (QED) is 0.365. The van der Waals surface area contributed by atoms with Crippen molar-refractivity contribution in [2.24, 2.45) is 18.9 Å². The number of carbonyl (C=O) groups is 3. The topological polar surface area (TPSA) is 141 Å². The number of hydrogen-bond acceptors (Lipinski definition) is 7. The van der Waals surface area contributed by atoms with Crippen LogP contribution in [0.2, 0.25) is 0 Å². The first kappa shape index (κ1) is 25.4. The molecule has 5 rings (SSSR count). The lowest BCUT2D eigenvalue weighted by Gasteiger charge is -2.27. The molecule has 4 aromatic rings. The number of ketones is 1. The Morgan fingerprint density at radius 1 is 1.05 bits per heavy atom. The maximum atomic E-state index is 13.1. The van der Waals surface area contributed by atoms with Gasteiger partial charge in [-0.1, -0.05) is 13.0 Å². The summed E-state index contributed by atoms with van der Waals surface area (Å²) in [4.78, 5) is 54.1. The Kier molecular flexibility index (Phi) is 7.08. The lowest BCUT2D eigenvalue weighted by atomic mass is 9.79. The van der Waals surface area contributed by atoms with Crippen LogP contribution in [0.3, 0.4) is 0 Å². The van der Waals surface area contributed by atoms with Crippen LogP contribution in [0, 0.1) is 11.8 Å². The molecule has 0 aliphatic heterocycles. The van der Waals surface area contributed by atoms with Crippen molar-refractivity contribution < 1.29 is 18.8 Å². The Morgan fingerprint density at radius 2 is 1.84 bits per heavy atom. The summed E-state index contributed by atoms with van der Waals surface area (Å²) in [6.45, 7) is 2.60. The molecule has 3 heterocycles. The van der Waals surface area contributed by atoms with Crippen LogP contribution in [0.25, 0.3) is 16.7 Å². The van der Waals surface area contributed by atoms with Crippen LogP contribution in [0.15, 0.2) is 45.7 Å². The number of benzene rings is 1. The minimum Gasteiger partial charge on any atom is -0.408 e. The highest BCUT2D eigenvalue weighted by atomic mass is 16.4. The van der Waals surface area contributed by atoms with Gasteiger partial charge in [0, 0.05) is 44.6 Å². The number of nitrogens with one attached hydrogen (secondary N) is 2. The van der Waals surface area contributed by atoms with Gasteiger partial charge in [-0.3, -0.25) is 19.0 Å². The van der Waals surface area contributed by atoms with Gasteiger partial charge in [-0.25, -0.2) is 14.3 Å². The number of oxazole rings is 1. The average Bonchev–Trinajstić information content (AvgIpc) is 3.53. The van der Waals surface area contributed by atoms with E-state index in [0.29, 0.717) is 41.4 Å². The smallest absolute Gasteiger partial charge is 0.408 e. The zero-order chi connectivity index (χ0) is 26.8. The molecule has 0 saturated heterocycles. The van der Waals surface area contributed by atoms with E-state index in [0.717, 1.165) is 31.2 Å². The van der Waals surface area contributed by atoms with Crippen molar-refractivity contribution in [3.63, 3.8) is 0 Å². The van der Waals surface area contributed by atoms with Crippen molar-refractivity contribution >= 4 is 34.3 Å². The Labute approximate surface area is 218 Å². The van der Waals surface area contributed by atoms with E-state index in [4.69, 9.17) is 4.42 Å².